The maximum atomic E-state index is 12.0. The molecule has 1 fully saturated rings. The molecule has 0 radical (unpaired) electrons. The Morgan fingerprint density at radius 2 is 1.86 bits per heavy atom. The Hall–Kier alpha value is -1.59. The first-order valence-electron chi connectivity index (χ1n) is 7.77. The standard InChI is InChI=1S/C17H25NO4/c1-14-3-5-15(6-4-14)22-16-7-9-18(10-8-16)17(19)13-21-12-11-20-2/h3-6,16H,7-13H2,1-2H3. The second-order valence-corrected chi connectivity index (χ2v) is 5.56. The van der Waals surface area contributed by atoms with Crippen LogP contribution < -0.4 is 4.74 Å². The third-order valence-electron chi connectivity index (χ3n) is 3.78. The van der Waals surface area contributed by atoms with Gasteiger partial charge in [-0.25, -0.2) is 0 Å². The van der Waals surface area contributed by atoms with E-state index in [0.29, 0.717) is 13.2 Å². The minimum Gasteiger partial charge on any atom is -0.490 e. The predicted molar refractivity (Wildman–Crippen MR) is 84.1 cm³/mol. The number of carbonyl (C=O) groups excluding carboxylic acids is 1. The summed E-state index contributed by atoms with van der Waals surface area (Å²) in [5.74, 6) is 0.947. The van der Waals surface area contributed by atoms with Gasteiger partial charge in [0.1, 0.15) is 18.5 Å². The second kappa shape index (κ2) is 8.76. The van der Waals surface area contributed by atoms with Crippen LogP contribution in [0.5, 0.6) is 5.75 Å². The zero-order valence-electron chi connectivity index (χ0n) is 13.4. The Morgan fingerprint density at radius 1 is 1.18 bits per heavy atom. The quantitative estimate of drug-likeness (QED) is 0.723. The molecule has 0 spiro atoms. The van der Waals surface area contributed by atoms with E-state index >= 15 is 0 Å². The lowest BCUT2D eigenvalue weighted by Gasteiger charge is -2.32. The molecular formula is C17H25NO4. The molecule has 0 saturated carbocycles. The summed E-state index contributed by atoms with van der Waals surface area (Å²) >= 11 is 0. The highest BCUT2D eigenvalue weighted by molar-refractivity contribution is 5.77. The van der Waals surface area contributed by atoms with E-state index in [9.17, 15) is 4.79 Å². The number of hydrogen-bond donors (Lipinski definition) is 0. The third kappa shape index (κ3) is 5.31. The molecule has 0 N–H and O–H groups in total. The molecule has 1 aromatic carbocycles. The fourth-order valence-electron chi connectivity index (χ4n) is 2.43. The summed E-state index contributed by atoms with van der Waals surface area (Å²) < 4.78 is 16.1. The van der Waals surface area contributed by atoms with Crippen molar-refractivity contribution in [3.05, 3.63) is 29.8 Å². The fraction of sp³-hybridized carbons (Fsp3) is 0.588. The van der Waals surface area contributed by atoms with Crippen molar-refractivity contribution in [3.63, 3.8) is 0 Å². The topological polar surface area (TPSA) is 48.0 Å². The van der Waals surface area contributed by atoms with Crippen molar-refractivity contribution in [2.75, 3.05) is 40.0 Å². The third-order valence-corrected chi connectivity index (χ3v) is 3.78. The number of benzene rings is 1. The van der Waals surface area contributed by atoms with Crippen LogP contribution in [0.25, 0.3) is 0 Å². The maximum Gasteiger partial charge on any atom is 0.248 e. The molecule has 5 heteroatoms. The van der Waals surface area contributed by atoms with Crippen LogP contribution >= 0.6 is 0 Å². The maximum absolute atomic E-state index is 12.0. The van der Waals surface area contributed by atoms with Crippen LogP contribution in [0.2, 0.25) is 0 Å². The lowest BCUT2D eigenvalue weighted by Crippen LogP contribution is -2.43. The van der Waals surface area contributed by atoms with Gasteiger partial charge in [-0.05, 0) is 19.1 Å². The molecule has 0 unspecified atom stereocenters. The van der Waals surface area contributed by atoms with Crippen molar-refractivity contribution in [2.24, 2.45) is 0 Å². The van der Waals surface area contributed by atoms with E-state index in [1.807, 2.05) is 29.2 Å². The first kappa shape index (κ1) is 16.8. The van der Waals surface area contributed by atoms with Gasteiger partial charge in [0.2, 0.25) is 5.91 Å². The highest BCUT2D eigenvalue weighted by atomic mass is 16.5. The summed E-state index contributed by atoms with van der Waals surface area (Å²) in [6.45, 7) is 4.61. The molecule has 1 heterocycles. The SMILES string of the molecule is COCCOCC(=O)N1CCC(Oc2ccc(C)cc2)CC1. The molecule has 0 atom stereocenters. The molecule has 2 rings (SSSR count). The van der Waals surface area contributed by atoms with E-state index in [4.69, 9.17) is 14.2 Å². The van der Waals surface area contributed by atoms with E-state index < -0.39 is 0 Å². The number of carbonyl (C=O) groups is 1. The van der Waals surface area contributed by atoms with Gasteiger partial charge in [-0.2, -0.15) is 0 Å². The van der Waals surface area contributed by atoms with Crippen molar-refractivity contribution in [3.8, 4) is 5.75 Å². The Labute approximate surface area is 132 Å². The predicted octanol–water partition coefficient (Wildman–Crippen LogP) is 2.03. The van der Waals surface area contributed by atoms with Crippen LogP contribution in [0.4, 0.5) is 0 Å². The molecular weight excluding hydrogens is 282 g/mol. The van der Waals surface area contributed by atoms with E-state index in [0.717, 1.165) is 31.7 Å². The van der Waals surface area contributed by atoms with Crippen LogP contribution in [0.15, 0.2) is 24.3 Å². The summed E-state index contributed by atoms with van der Waals surface area (Å²) in [5, 5.41) is 0. The number of likely N-dealkylation sites (tertiary alicyclic amines) is 1. The largest absolute Gasteiger partial charge is 0.490 e. The Kier molecular flexibility index (Phi) is 6.68. The Morgan fingerprint density at radius 3 is 2.50 bits per heavy atom. The van der Waals surface area contributed by atoms with Gasteiger partial charge in [0.25, 0.3) is 0 Å². The van der Waals surface area contributed by atoms with Crippen molar-refractivity contribution >= 4 is 5.91 Å². The van der Waals surface area contributed by atoms with Gasteiger partial charge in [-0.3, -0.25) is 4.79 Å². The Balaban J connectivity index is 1.68. The fourth-order valence-corrected chi connectivity index (χ4v) is 2.43. The monoisotopic (exact) mass is 307 g/mol. The van der Waals surface area contributed by atoms with Crippen molar-refractivity contribution in [1.29, 1.82) is 0 Å². The minimum atomic E-state index is 0.0462. The average molecular weight is 307 g/mol. The first-order chi connectivity index (χ1) is 10.7. The van der Waals surface area contributed by atoms with Gasteiger partial charge in [-0.1, -0.05) is 17.7 Å². The average Bonchev–Trinajstić information content (AvgIpc) is 2.54. The molecule has 5 nitrogen and oxygen atoms in total. The van der Waals surface area contributed by atoms with Crippen LogP contribution in [0.1, 0.15) is 18.4 Å². The van der Waals surface area contributed by atoms with Crippen molar-refractivity contribution in [1.82, 2.24) is 4.90 Å². The summed E-state index contributed by atoms with van der Waals surface area (Å²) in [6, 6.07) is 8.09. The summed E-state index contributed by atoms with van der Waals surface area (Å²) in [7, 11) is 1.62. The summed E-state index contributed by atoms with van der Waals surface area (Å²) in [5.41, 5.74) is 1.22. The number of piperidine rings is 1. The highest BCUT2D eigenvalue weighted by Gasteiger charge is 2.23. The smallest absolute Gasteiger partial charge is 0.248 e. The van der Waals surface area contributed by atoms with Crippen LogP contribution in [-0.4, -0.2) is 56.9 Å². The lowest BCUT2D eigenvalue weighted by molar-refractivity contribution is -0.138. The molecule has 22 heavy (non-hydrogen) atoms. The molecule has 0 aromatic heterocycles. The van der Waals surface area contributed by atoms with E-state index in [2.05, 4.69) is 6.92 Å². The highest BCUT2D eigenvalue weighted by Crippen LogP contribution is 2.19. The number of rotatable bonds is 7. The van der Waals surface area contributed by atoms with E-state index in [1.165, 1.54) is 5.56 Å². The summed E-state index contributed by atoms with van der Waals surface area (Å²) in [4.78, 5) is 13.8. The van der Waals surface area contributed by atoms with Crippen LogP contribution in [0, 0.1) is 6.92 Å². The minimum absolute atomic E-state index is 0.0462. The lowest BCUT2D eigenvalue weighted by atomic mass is 10.1. The molecule has 122 valence electrons. The second-order valence-electron chi connectivity index (χ2n) is 5.56. The molecule has 1 aliphatic heterocycles. The van der Waals surface area contributed by atoms with Gasteiger partial charge in [-0.15, -0.1) is 0 Å². The normalized spacial score (nSPS) is 15.8. The van der Waals surface area contributed by atoms with Gasteiger partial charge in [0.15, 0.2) is 0 Å². The van der Waals surface area contributed by atoms with E-state index in [1.54, 1.807) is 7.11 Å². The molecule has 1 aliphatic rings. The molecule has 1 aromatic rings. The number of nitrogens with zero attached hydrogens (tertiary/aromatic N) is 1. The van der Waals surface area contributed by atoms with Crippen molar-refractivity contribution < 1.29 is 19.0 Å². The van der Waals surface area contributed by atoms with Crippen LogP contribution in [-0.2, 0) is 14.3 Å². The van der Waals surface area contributed by atoms with Crippen molar-refractivity contribution in [2.45, 2.75) is 25.9 Å². The molecule has 0 aliphatic carbocycles. The molecule has 1 amide bonds. The van der Waals surface area contributed by atoms with Crippen LogP contribution in [0.3, 0.4) is 0 Å². The van der Waals surface area contributed by atoms with Gasteiger partial charge < -0.3 is 19.1 Å². The zero-order chi connectivity index (χ0) is 15.8. The number of aryl methyl sites for hydroxylation is 1. The number of amides is 1. The Bertz CT molecular complexity index is 452. The summed E-state index contributed by atoms with van der Waals surface area (Å²) in [6.07, 6.45) is 1.90. The van der Waals surface area contributed by atoms with Gasteiger partial charge >= 0.3 is 0 Å². The molecule has 0 bridgehead atoms. The van der Waals surface area contributed by atoms with Gasteiger partial charge in [0.05, 0.1) is 13.2 Å². The number of methoxy groups -OCH3 is 1. The van der Waals surface area contributed by atoms with Gasteiger partial charge in [0, 0.05) is 33.0 Å². The first-order valence-corrected chi connectivity index (χ1v) is 7.77. The number of ether oxygens (including phenoxy) is 3. The molecule has 1 saturated heterocycles. The van der Waals surface area contributed by atoms with E-state index in [-0.39, 0.29) is 18.6 Å². The zero-order valence-corrected chi connectivity index (χ0v) is 13.4. The number of hydrogen-bond acceptors (Lipinski definition) is 4.